The number of rotatable bonds is 6. The summed E-state index contributed by atoms with van der Waals surface area (Å²) < 4.78 is 29.7. The topological polar surface area (TPSA) is 84.3 Å². The number of hydrogen-bond donors (Lipinski definition) is 1. The Morgan fingerprint density at radius 2 is 1.94 bits per heavy atom. The second kappa shape index (κ2) is 8.25. The van der Waals surface area contributed by atoms with E-state index in [1.54, 1.807) is 40.4 Å². The Labute approximate surface area is 190 Å². The van der Waals surface area contributed by atoms with Crippen LogP contribution in [0.15, 0.2) is 83.2 Å². The first-order valence-corrected chi connectivity index (χ1v) is 12.4. The number of sulfonamides is 1. The minimum atomic E-state index is -3.78. The van der Waals surface area contributed by atoms with Crippen LogP contribution in [0.2, 0.25) is 0 Å². The quantitative estimate of drug-likeness (QED) is 0.468. The molecule has 1 aliphatic rings. The van der Waals surface area contributed by atoms with E-state index < -0.39 is 15.9 Å². The van der Waals surface area contributed by atoms with Crippen LogP contribution in [0.5, 0.6) is 0 Å². The highest BCUT2D eigenvalue weighted by Crippen LogP contribution is 2.32. The van der Waals surface area contributed by atoms with Crippen LogP contribution >= 0.6 is 11.3 Å². The first-order chi connectivity index (χ1) is 15.5. The van der Waals surface area contributed by atoms with Crippen LogP contribution in [0, 0.1) is 0 Å². The molecule has 3 heterocycles. The van der Waals surface area contributed by atoms with Gasteiger partial charge in [0.25, 0.3) is 15.9 Å². The number of amides is 1. The molecule has 5 rings (SSSR count). The number of thiophene rings is 1. The van der Waals surface area contributed by atoms with Crippen molar-refractivity contribution < 1.29 is 13.2 Å². The number of fused-ring (bicyclic) bond motifs is 1. The lowest BCUT2D eigenvalue weighted by Gasteiger charge is -2.20. The number of anilines is 2. The van der Waals surface area contributed by atoms with Crippen LogP contribution < -0.4 is 9.62 Å². The molecule has 0 spiro atoms. The van der Waals surface area contributed by atoms with E-state index in [1.165, 1.54) is 16.4 Å². The van der Waals surface area contributed by atoms with Crippen molar-refractivity contribution in [1.29, 1.82) is 0 Å². The smallest absolute Gasteiger partial charge is 0.264 e. The largest absolute Gasteiger partial charge is 0.307 e. The number of benzene rings is 2. The number of nitrogens with zero attached hydrogens (tertiary/aromatic N) is 3. The number of nitrogens with one attached hydrogen (secondary N) is 1. The zero-order valence-corrected chi connectivity index (χ0v) is 18.6. The highest BCUT2D eigenvalue weighted by atomic mass is 32.2. The van der Waals surface area contributed by atoms with Crippen LogP contribution in [0.3, 0.4) is 0 Å². The van der Waals surface area contributed by atoms with Gasteiger partial charge in [0.1, 0.15) is 5.82 Å². The Bertz CT molecular complexity index is 1380. The van der Waals surface area contributed by atoms with Gasteiger partial charge in [-0.15, -0.1) is 11.3 Å². The SMILES string of the molecule is O=C(Nc1ccnn1Cc1cccs1)c1cccc(S(=O)(=O)N2CCc3ccccc32)c1. The zero-order valence-electron chi connectivity index (χ0n) is 17.0. The maximum absolute atomic E-state index is 13.3. The van der Waals surface area contributed by atoms with Gasteiger partial charge in [-0.2, -0.15) is 5.10 Å². The molecule has 0 saturated heterocycles. The number of carbonyl (C=O) groups is 1. The first-order valence-electron chi connectivity index (χ1n) is 10.1. The van der Waals surface area contributed by atoms with Gasteiger partial charge in [-0.25, -0.2) is 13.1 Å². The molecule has 0 fully saturated rings. The third-order valence-electron chi connectivity index (χ3n) is 5.37. The van der Waals surface area contributed by atoms with Gasteiger partial charge in [0.05, 0.1) is 23.3 Å². The van der Waals surface area contributed by atoms with E-state index in [4.69, 9.17) is 0 Å². The Balaban J connectivity index is 1.38. The third-order valence-corrected chi connectivity index (χ3v) is 8.04. The third kappa shape index (κ3) is 3.80. The molecule has 0 unspecified atom stereocenters. The van der Waals surface area contributed by atoms with Crippen LogP contribution in [-0.2, 0) is 23.0 Å². The Hall–Kier alpha value is -3.43. The predicted octanol–water partition coefficient (Wildman–Crippen LogP) is 4.00. The molecule has 1 N–H and O–H groups in total. The molecule has 0 bridgehead atoms. The Morgan fingerprint density at radius 1 is 1.06 bits per heavy atom. The molecule has 2 aromatic heterocycles. The van der Waals surface area contributed by atoms with E-state index in [9.17, 15) is 13.2 Å². The fraction of sp³-hybridized carbons (Fsp3) is 0.130. The van der Waals surface area contributed by atoms with Crippen molar-refractivity contribution in [2.75, 3.05) is 16.2 Å². The summed E-state index contributed by atoms with van der Waals surface area (Å²) in [5.41, 5.74) is 1.96. The van der Waals surface area contributed by atoms with Crippen LogP contribution in [-0.4, -0.2) is 30.7 Å². The highest BCUT2D eigenvalue weighted by Gasteiger charge is 2.31. The fourth-order valence-electron chi connectivity index (χ4n) is 3.79. The van der Waals surface area contributed by atoms with Crippen molar-refractivity contribution in [2.24, 2.45) is 0 Å². The van der Waals surface area contributed by atoms with Crippen LogP contribution in [0.4, 0.5) is 11.5 Å². The van der Waals surface area contributed by atoms with Crippen molar-refractivity contribution >= 4 is 38.8 Å². The average Bonchev–Trinajstić information content (AvgIpc) is 3.56. The van der Waals surface area contributed by atoms with Gasteiger partial charge in [-0.05, 0) is 47.7 Å². The van der Waals surface area contributed by atoms with Crippen LogP contribution in [0.1, 0.15) is 20.8 Å². The first kappa shape index (κ1) is 20.5. The fourth-order valence-corrected chi connectivity index (χ4v) is 6.02. The molecule has 32 heavy (non-hydrogen) atoms. The molecule has 9 heteroatoms. The van der Waals surface area contributed by atoms with Crippen molar-refractivity contribution in [3.8, 4) is 0 Å². The van der Waals surface area contributed by atoms with Crippen molar-refractivity contribution in [3.63, 3.8) is 0 Å². The minimum absolute atomic E-state index is 0.0916. The summed E-state index contributed by atoms with van der Waals surface area (Å²) in [5, 5.41) is 9.10. The summed E-state index contributed by atoms with van der Waals surface area (Å²) >= 11 is 1.61. The summed E-state index contributed by atoms with van der Waals surface area (Å²) in [6.45, 7) is 0.934. The monoisotopic (exact) mass is 464 g/mol. The summed E-state index contributed by atoms with van der Waals surface area (Å²) in [6.07, 6.45) is 2.29. The van der Waals surface area contributed by atoms with E-state index in [2.05, 4.69) is 10.4 Å². The lowest BCUT2D eigenvalue weighted by Crippen LogP contribution is -2.29. The molecular formula is C23H20N4O3S2. The molecule has 0 radical (unpaired) electrons. The number of para-hydroxylation sites is 1. The van der Waals surface area contributed by atoms with E-state index in [0.717, 1.165) is 10.4 Å². The van der Waals surface area contributed by atoms with Crippen molar-refractivity contribution in [1.82, 2.24) is 9.78 Å². The van der Waals surface area contributed by atoms with Gasteiger partial charge in [0, 0.05) is 23.1 Å². The van der Waals surface area contributed by atoms with Gasteiger partial charge >= 0.3 is 0 Å². The lowest BCUT2D eigenvalue weighted by molar-refractivity contribution is 0.102. The molecule has 2 aromatic carbocycles. The average molecular weight is 465 g/mol. The molecule has 1 aliphatic heterocycles. The number of carbonyl (C=O) groups excluding carboxylic acids is 1. The maximum atomic E-state index is 13.3. The van der Waals surface area contributed by atoms with Gasteiger partial charge in [-0.1, -0.05) is 30.3 Å². The predicted molar refractivity (Wildman–Crippen MR) is 125 cm³/mol. The summed E-state index contributed by atoms with van der Waals surface area (Å²) in [4.78, 5) is 14.1. The van der Waals surface area contributed by atoms with E-state index in [1.807, 2.05) is 41.8 Å². The number of hydrogen-bond acceptors (Lipinski definition) is 5. The summed E-state index contributed by atoms with van der Waals surface area (Å²) in [6, 6.07) is 19.3. The van der Waals surface area contributed by atoms with Gasteiger partial charge in [0.15, 0.2) is 0 Å². The summed E-state index contributed by atoms with van der Waals surface area (Å²) in [7, 11) is -3.78. The standard InChI is InChI=1S/C23H20N4O3S2/c28-23(25-22-10-12-24-26(22)16-19-7-4-14-31-19)18-6-3-8-20(15-18)32(29,30)27-13-11-17-5-1-2-9-21(17)27/h1-10,12,14-15H,11,13,16H2,(H,25,28). The minimum Gasteiger partial charge on any atom is -0.307 e. The van der Waals surface area contributed by atoms with Gasteiger partial charge in [0.2, 0.25) is 0 Å². The second-order valence-corrected chi connectivity index (χ2v) is 10.3. The molecule has 0 atom stereocenters. The zero-order chi connectivity index (χ0) is 22.1. The Kier molecular flexibility index (Phi) is 5.28. The van der Waals surface area contributed by atoms with Crippen LogP contribution in [0.25, 0.3) is 0 Å². The van der Waals surface area contributed by atoms with Gasteiger partial charge in [-0.3, -0.25) is 9.10 Å². The normalized spacial score (nSPS) is 13.2. The van der Waals surface area contributed by atoms with Gasteiger partial charge < -0.3 is 5.32 Å². The molecule has 162 valence electrons. The number of aromatic nitrogens is 2. The summed E-state index contributed by atoms with van der Waals surface area (Å²) in [5.74, 6) is 0.155. The Morgan fingerprint density at radius 3 is 2.78 bits per heavy atom. The van der Waals surface area contributed by atoms with E-state index >= 15 is 0 Å². The molecule has 0 saturated carbocycles. The lowest BCUT2D eigenvalue weighted by atomic mass is 10.2. The molecule has 1 amide bonds. The molecule has 7 nitrogen and oxygen atoms in total. The molecular weight excluding hydrogens is 444 g/mol. The van der Waals surface area contributed by atoms with E-state index in [0.29, 0.717) is 31.0 Å². The maximum Gasteiger partial charge on any atom is 0.264 e. The molecule has 4 aromatic rings. The van der Waals surface area contributed by atoms with E-state index in [-0.39, 0.29) is 10.5 Å². The van der Waals surface area contributed by atoms with Crippen molar-refractivity contribution in [2.45, 2.75) is 17.9 Å². The van der Waals surface area contributed by atoms with Crippen molar-refractivity contribution in [3.05, 3.63) is 94.3 Å². The molecule has 0 aliphatic carbocycles. The highest BCUT2D eigenvalue weighted by molar-refractivity contribution is 7.92. The second-order valence-electron chi connectivity index (χ2n) is 7.39.